The molecule has 2 unspecified atom stereocenters. The van der Waals surface area contributed by atoms with Gasteiger partial charge < -0.3 is 9.47 Å². The summed E-state index contributed by atoms with van der Waals surface area (Å²) in [5, 5.41) is 0. The van der Waals surface area contributed by atoms with Crippen LogP contribution >= 0.6 is 0 Å². The number of halogens is 2. The smallest absolute Gasteiger partial charge is 0.458 e. The summed E-state index contributed by atoms with van der Waals surface area (Å²) in [5.74, 6) is -1.97. The molecule has 4 aliphatic rings. The third kappa shape index (κ3) is 4.64. The fourth-order valence-corrected chi connectivity index (χ4v) is 7.44. The molecule has 0 aromatic carbocycles. The first kappa shape index (κ1) is 25.2. The Bertz CT molecular complexity index is 1000. The van der Waals surface area contributed by atoms with E-state index in [2.05, 4.69) is 0 Å². The lowest BCUT2D eigenvalue weighted by Gasteiger charge is -2.60. The van der Waals surface area contributed by atoms with Crippen molar-refractivity contribution in [2.75, 3.05) is 6.61 Å². The van der Waals surface area contributed by atoms with Crippen LogP contribution in [0.2, 0.25) is 0 Å². The van der Waals surface area contributed by atoms with Crippen LogP contribution in [0.4, 0.5) is 8.78 Å². The van der Waals surface area contributed by atoms with E-state index in [4.69, 9.17) is 14.0 Å². The number of hydrogen-bond acceptors (Lipinski definition) is 8. The van der Waals surface area contributed by atoms with Crippen molar-refractivity contribution >= 4 is 32.0 Å². The molecule has 4 fully saturated rings. The van der Waals surface area contributed by atoms with Crippen LogP contribution in [-0.2, 0) is 39.2 Å². The number of rotatable bonds is 7. The van der Waals surface area contributed by atoms with Crippen molar-refractivity contribution in [1.29, 1.82) is 0 Å². The van der Waals surface area contributed by atoms with Gasteiger partial charge in [0.05, 0.1) is 11.0 Å². The molecule has 0 heterocycles. The van der Waals surface area contributed by atoms with Crippen LogP contribution in [-0.4, -0.2) is 55.7 Å². The number of ether oxygens (including phenoxy) is 2. The summed E-state index contributed by atoms with van der Waals surface area (Å²) in [5.41, 5.74) is -3.02. The lowest BCUT2D eigenvalue weighted by atomic mass is 9.47. The van der Waals surface area contributed by atoms with Gasteiger partial charge in [0.25, 0.3) is 0 Å². The van der Waals surface area contributed by atoms with Crippen LogP contribution in [0.25, 0.3) is 0 Å². The van der Waals surface area contributed by atoms with E-state index in [0.717, 1.165) is 6.42 Å². The summed E-state index contributed by atoms with van der Waals surface area (Å²) >= 11 is 0. The minimum Gasteiger partial charge on any atom is -0.458 e. The Kier molecular flexibility index (Phi) is 5.97. The predicted octanol–water partition coefficient (Wildman–Crippen LogP) is 1.57. The average molecular weight is 504 g/mol. The monoisotopic (exact) mass is 503 g/mol. The Balaban J connectivity index is 1.79. The largest absolute Gasteiger partial charge is 0.489 e. The second-order valence-corrected chi connectivity index (χ2v) is 13.6. The SMILES string of the molecule is CC(C)(C)OC(=O)COC12CC3CC(C1)CC(C(=O)NS(=O)(=O)C(F)(F)S(=O)(=O)O)(C3)C2. The predicted molar refractivity (Wildman–Crippen MR) is 105 cm³/mol. The lowest BCUT2D eigenvalue weighted by molar-refractivity contribution is -0.205. The van der Waals surface area contributed by atoms with Gasteiger partial charge in [0, 0.05) is 0 Å². The number of alkyl halides is 2. The zero-order valence-electron chi connectivity index (χ0n) is 17.9. The van der Waals surface area contributed by atoms with Crippen molar-refractivity contribution in [1.82, 2.24) is 4.72 Å². The number of carbonyl (C=O) groups is 2. The molecule has 2 atom stereocenters. The first-order valence-electron chi connectivity index (χ1n) is 10.1. The van der Waals surface area contributed by atoms with Gasteiger partial charge in [0.15, 0.2) is 0 Å². The van der Waals surface area contributed by atoms with Crippen LogP contribution in [0, 0.1) is 17.3 Å². The highest BCUT2D eigenvalue weighted by atomic mass is 32.3. The number of esters is 1. The number of sulfonamides is 1. The maximum atomic E-state index is 13.7. The van der Waals surface area contributed by atoms with E-state index < -0.39 is 53.2 Å². The van der Waals surface area contributed by atoms with E-state index in [0.29, 0.717) is 12.8 Å². The van der Waals surface area contributed by atoms with Crippen LogP contribution in [0.1, 0.15) is 59.3 Å². The number of carbonyl (C=O) groups excluding carboxylic acids is 2. The van der Waals surface area contributed by atoms with Crippen molar-refractivity contribution in [3.05, 3.63) is 0 Å². The van der Waals surface area contributed by atoms with Crippen molar-refractivity contribution in [2.45, 2.75) is 75.1 Å². The van der Waals surface area contributed by atoms with Crippen molar-refractivity contribution in [2.24, 2.45) is 17.3 Å². The molecule has 2 N–H and O–H groups in total. The van der Waals surface area contributed by atoms with E-state index in [-0.39, 0.29) is 37.7 Å². The standard InChI is InChI=1S/C18H27F2NO9S2/c1-15(2,3)30-13(22)9-29-17-7-11-4-12(8-17)6-16(5-11,10-17)14(23)21-31(24,25)18(19,20)32(26,27)28/h11-12H,4-10H2,1-3H3,(H,21,23)(H,26,27,28). The minimum atomic E-state index is -6.32. The number of nitrogens with one attached hydrogen (secondary N) is 1. The molecular weight excluding hydrogens is 476 g/mol. The van der Waals surface area contributed by atoms with Gasteiger partial charge in [-0.05, 0) is 71.1 Å². The zero-order valence-corrected chi connectivity index (χ0v) is 19.5. The summed E-state index contributed by atoms with van der Waals surface area (Å²) in [7, 11) is -12.4. The molecule has 14 heteroatoms. The molecule has 10 nitrogen and oxygen atoms in total. The molecule has 0 aromatic rings. The van der Waals surface area contributed by atoms with E-state index in [1.807, 2.05) is 0 Å². The second-order valence-electron chi connectivity index (χ2n) is 10.2. The van der Waals surface area contributed by atoms with E-state index in [9.17, 15) is 35.2 Å². The van der Waals surface area contributed by atoms with Gasteiger partial charge in [-0.15, -0.1) is 0 Å². The van der Waals surface area contributed by atoms with Gasteiger partial charge >= 0.3 is 30.7 Å². The fraction of sp³-hybridized carbons (Fsp3) is 0.889. The third-order valence-electron chi connectivity index (χ3n) is 6.25. The highest BCUT2D eigenvalue weighted by molar-refractivity contribution is 8.06. The number of amides is 1. The molecule has 0 aliphatic heterocycles. The molecule has 0 aromatic heterocycles. The van der Waals surface area contributed by atoms with Gasteiger partial charge in [-0.2, -0.15) is 25.6 Å². The summed E-state index contributed by atoms with van der Waals surface area (Å²) in [4.78, 5) is 25.0. The Morgan fingerprint density at radius 3 is 2.06 bits per heavy atom. The maximum Gasteiger partial charge on any atom is 0.489 e. The molecular formula is C18H27F2NO9S2. The van der Waals surface area contributed by atoms with Crippen molar-refractivity contribution in [3.63, 3.8) is 0 Å². The molecule has 4 bridgehead atoms. The average Bonchev–Trinajstić information content (AvgIpc) is 2.56. The normalized spacial score (nSPS) is 32.6. The lowest BCUT2D eigenvalue weighted by Crippen LogP contribution is -2.62. The quantitative estimate of drug-likeness (QED) is 0.389. The Hall–Kier alpha value is -1.38. The molecule has 0 radical (unpaired) electrons. The Morgan fingerprint density at radius 1 is 1.06 bits per heavy atom. The first-order chi connectivity index (χ1) is 14.3. The molecule has 4 aliphatic carbocycles. The maximum absolute atomic E-state index is 13.7. The summed E-state index contributed by atoms with van der Waals surface area (Å²) in [6.45, 7) is 4.70. The summed E-state index contributed by atoms with van der Waals surface area (Å²) in [6.07, 6.45) is 2.24. The van der Waals surface area contributed by atoms with Crippen LogP contribution in [0.3, 0.4) is 0 Å². The van der Waals surface area contributed by atoms with Gasteiger partial charge in [0.1, 0.15) is 12.2 Å². The van der Waals surface area contributed by atoms with Crippen LogP contribution < -0.4 is 4.72 Å². The molecule has 0 spiro atoms. The third-order valence-corrected chi connectivity index (χ3v) is 9.22. The van der Waals surface area contributed by atoms with Crippen molar-refractivity contribution in [3.8, 4) is 0 Å². The highest BCUT2D eigenvalue weighted by Crippen LogP contribution is 2.63. The van der Waals surface area contributed by atoms with E-state index >= 15 is 0 Å². The number of hydrogen-bond donors (Lipinski definition) is 2. The van der Waals surface area contributed by atoms with Gasteiger partial charge in [-0.25, -0.2) is 9.52 Å². The highest BCUT2D eigenvalue weighted by Gasteiger charge is 2.64. The van der Waals surface area contributed by atoms with Gasteiger partial charge in [-0.1, -0.05) is 0 Å². The van der Waals surface area contributed by atoms with E-state index in [1.54, 1.807) is 20.8 Å². The topological polar surface area (TPSA) is 153 Å². The molecule has 184 valence electrons. The Morgan fingerprint density at radius 2 is 1.59 bits per heavy atom. The Labute approximate surface area is 185 Å². The van der Waals surface area contributed by atoms with Crippen molar-refractivity contribution < 1.29 is 49.2 Å². The minimum absolute atomic E-state index is 0.00536. The van der Waals surface area contributed by atoms with Crippen LogP contribution in [0.15, 0.2) is 0 Å². The van der Waals surface area contributed by atoms with Gasteiger partial charge in [-0.3, -0.25) is 9.35 Å². The summed E-state index contributed by atoms with van der Waals surface area (Å²) < 4.78 is 88.3. The fourth-order valence-electron chi connectivity index (χ4n) is 5.62. The molecule has 1 amide bonds. The van der Waals surface area contributed by atoms with Crippen LogP contribution in [0.5, 0.6) is 0 Å². The first-order valence-corrected chi connectivity index (χ1v) is 13.0. The molecule has 4 rings (SSSR count). The molecule has 32 heavy (non-hydrogen) atoms. The summed E-state index contributed by atoms with van der Waals surface area (Å²) in [6, 6.07) is 0. The zero-order chi connectivity index (χ0) is 24.4. The second kappa shape index (κ2) is 7.57. The molecule has 4 saturated carbocycles. The van der Waals surface area contributed by atoms with Gasteiger partial charge in [0.2, 0.25) is 5.91 Å². The molecule has 0 saturated heterocycles. The van der Waals surface area contributed by atoms with E-state index in [1.165, 1.54) is 4.72 Å².